The number of para-hydroxylation sites is 1. The minimum Gasteiger partial charge on any atom is -0.457 e. The maximum atomic E-state index is 6.30. The van der Waals surface area contributed by atoms with Crippen molar-refractivity contribution < 1.29 is 4.42 Å². The Morgan fingerprint density at radius 1 is 1.10 bits per heavy atom. The highest BCUT2D eigenvalue weighted by molar-refractivity contribution is 14.1. The first-order chi connectivity index (χ1) is 9.56. The second-order valence-electron chi connectivity index (χ2n) is 4.45. The van der Waals surface area contributed by atoms with Gasteiger partial charge in [-0.1, -0.05) is 35.3 Å². The molecule has 2 N–H and O–H groups in total. The molecule has 102 valence electrons. The van der Waals surface area contributed by atoms with E-state index in [9.17, 15) is 0 Å². The topological polar surface area (TPSA) is 39.2 Å². The molecule has 1 atom stereocenters. The smallest absolute Gasteiger partial charge is 0.152 e. The average molecular weight is 418 g/mol. The lowest BCUT2D eigenvalue weighted by Crippen LogP contribution is -2.12. The van der Waals surface area contributed by atoms with E-state index in [1.165, 1.54) is 0 Å². The van der Waals surface area contributed by atoms with Gasteiger partial charge in [-0.3, -0.25) is 0 Å². The van der Waals surface area contributed by atoms with E-state index in [2.05, 4.69) is 22.6 Å². The minimum atomic E-state index is -0.371. The van der Waals surface area contributed by atoms with Crippen LogP contribution in [0.25, 0.3) is 11.0 Å². The third kappa shape index (κ3) is 2.55. The predicted octanol–water partition coefficient (Wildman–Crippen LogP) is 5.39. The van der Waals surface area contributed by atoms with Crippen LogP contribution in [0.4, 0.5) is 0 Å². The first kappa shape index (κ1) is 14.2. The van der Waals surface area contributed by atoms with Gasteiger partial charge in [0.25, 0.3) is 0 Å². The number of benzene rings is 2. The highest BCUT2D eigenvalue weighted by Crippen LogP contribution is 2.33. The predicted molar refractivity (Wildman–Crippen MR) is 91.4 cm³/mol. The van der Waals surface area contributed by atoms with E-state index in [0.29, 0.717) is 21.4 Å². The number of furan rings is 1. The van der Waals surface area contributed by atoms with Gasteiger partial charge in [-0.2, -0.15) is 0 Å². The van der Waals surface area contributed by atoms with Gasteiger partial charge in [0.2, 0.25) is 0 Å². The highest BCUT2D eigenvalue weighted by Gasteiger charge is 2.18. The lowest BCUT2D eigenvalue weighted by atomic mass is 10.1. The van der Waals surface area contributed by atoms with E-state index in [-0.39, 0.29) is 6.04 Å². The minimum absolute atomic E-state index is 0.371. The number of hydrogen-bond donors (Lipinski definition) is 1. The van der Waals surface area contributed by atoms with Gasteiger partial charge in [0.15, 0.2) is 5.58 Å². The summed E-state index contributed by atoms with van der Waals surface area (Å²) in [5.74, 6) is 0.674. The van der Waals surface area contributed by atoms with E-state index in [1.807, 2.05) is 36.4 Å². The Labute approximate surface area is 140 Å². The fourth-order valence-electron chi connectivity index (χ4n) is 2.11. The molecule has 0 radical (unpaired) electrons. The molecule has 0 bridgehead atoms. The van der Waals surface area contributed by atoms with E-state index in [4.69, 9.17) is 33.4 Å². The van der Waals surface area contributed by atoms with Crippen LogP contribution < -0.4 is 5.73 Å². The van der Waals surface area contributed by atoms with Crippen LogP contribution in [0.5, 0.6) is 0 Å². The van der Waals surface area contributed by atoms with Crippen molar-refractivity contribution in [1.82, 2.24) is 0 Å². The fraction of sp³-hybridized carbons (Fsp3) is 0.0667. The van der Waals surface area contributed by atoms with Gasteiger partial charge in [0, 0.05) is 14.0 Å². The number of hydrogen-bond acceptors (Lipinski definition) is 2. The highest BCUT2D eigenvalue weighted by atomic mass is 127. The maximum Gasteiger partial charge on any atom is 0.152 e. The zero-order valence-electron chi connectivity index (χ0n) is 10.2. The summed E-state index contributed by atoms with van der Waals surface area (Å²) in [6.45, 7) is 0. The Kier molecular flexibility index (Phi) is 3.95. The zero-order valence-corrected chi connectivity index (χ0v) is 13.9. The van der Waals surface area contributed by atoms with Gasteiger partial charge < -0.3 is 10.2 Å². The summed E-state index contributed by atoms with van der Waals surface area (Å²) in [4.78, 5) is 0. The van der Waals surface area contributed by atoms with Crippen molar-refractivity contribution in [3.8, 4) is 0 Å². The second-order valence-corrected chi connectivity index (χ2v) is 6.46. The van der Waals surface area contributed by atoms with Crippen molar-refractivity contribution >= 4 is 56.8 Å². The summed E-state index contributed by atoms with van der Waals surface area (Å²) < 4.78 is 6.85. The van der Waals surface area contributed by atoms with E-state index >= 15 is 0 Å². The van der Waals surface area contributed by atoms with Crippen LogP contribution in [0.3, 0.4) is 0 Å². The molecule has 0 aliphatic rings. The van der Waals surface area contributed by atoms with Crippen molar-refractivity contribution in [2.24, 2.45) is 5.73 Å². The molecule has 0 fully saturated rings. The molecule has 0 spiro atoms. The monoisotopic (exact) mass is 417 g/mol. The van der Waals surface area contributed by atoms with Crippen LogP contribution in [0.15, 0.2) is 46.9 Å². The first-order valence-electron chi connectivity index (χ1n) is 5.95. The fourth-order valence-corrected chi connectivity index (χ4v) is 3.18. The molecule has 0 aliphatic carbocycles. The van der Waals surface area contributed by atoms with Crippen LogP contribution in [-0.2, 0) is 0 Å². The van der Waals surface area contributed by atoms with Crippen LogP contribution in [-0.4, -0.2) is 0 Å². The quantitative estimate of drug-likeness (QED) is 0.567. The standard InChI is InChI=1S/C15H10Cl2INO/c16-9-4-5-12(18)10(7-9)14(19)13-6-8-2-1-3-11(17)15(8)20-13/h1-7,14H,19H2. The summed E-state index contributed by atoms with van der Waals surface area (Å²) >= 11 is 14.4. The maximum absolute atomic E-state index is 6.30. The third-order valence-electron chi connectivity index (χ3n) is 3.11. The van der Waals surface area contributed by atoms with Crippen molar-refractivity contribution in [2.45, 2.75) is 6.04 Å². The van der Waals surface area contributed by atoms with Crippen molar-refractivity contribution in [3.05, 3.63) is 67.4 Å². The summed E-state index contributed by atoms with van der Waals surface area (Å²) in [5.41, 5.74) is 7.90. The Morgan fingerprint density at radius 3 is 2.65 bits per heavy atom. The lowest BCUT2D eigenvalue weighted by Gasteiger charge is -2.11. The third-order valence-corrected chi connectivity index (χ3v) is 4.63. The van der Waals surface area contributed by atoms with Crippen LogP contribution in [0, 0.1) is 3.57 Å². The van der Waals surface area contributed by atoms with Gasteiger partial charge in [-0.15, -0.1) is 0 Å². The molecule has 1 heterocycles. The Balaban J connectivity index is 2.10. The van der Waals surface area contributed by atoms with Gasteiger partial charge >= 0.3 is 0 Å². The lowest BCUT2D eigenvalue weighted by molar-refractivity contribution is 0.524. The van der Waals surface area contributed by atoms with Gasteiger partial charge in [-0.05, 0) is 58.5 Å². The summed E-state index contributed by atoms with van der Waals surface area (Å²) in [6.07, 6.45) is 0. The van der Waals surface area contributed by atoms with Crippen LogP contribution in [0.1, 0.15) is 17.4 Å². The van der Waals surface area contributed by atoms with Crippen LogP contribution in [0.2, 0.25) is 10.0 Å². The average Bonchev–Trinajstić information content (AvgIpc) is 2.86. The largest absolute Gasteiger partial charge is 0.457 e. The molecule has 20 heavy (non-hydrogen) atoms. The summed E-state index contributed by atoms with van der Waals surface area (Å²) in [6, 6.07) is 12.8. The molecule has 0 saturated heterocycles. The van der Waals surface area contributed by atoms with Crippen molar-refractivity contribution in [2.75, 3.05) is 0 Å². The molecule has 2 nitrogen and oxygen atoms in total. The zero-order chi connectivity index (χ0) is 14.3. The molecule has 3 rings (SSSR count). The molecular formula is C15H10Cl2INO. The number of fused-ring (bicyclic) bond motifs is 1. The van der Waals surface area contributed by atoms with Gasteiger partial charge in [0.1, 0.15) is 5.76 Å². The second kappa shape index (κ2) is 5.56. The molecule has 3 aromatic rings. The molecule has 0 amide bonds. The molecule has 5 heteroatoms. The molecular weight excluding hydrogens is 408 g/mol. The van der Waals surface area contributed by atoms with E-state index < -0.39 is 0 Å². The van der Waals surface area contributed by atoms with E-state index in [1.54, 1.807) is 6.07 Å². The Morgan fingerprint density at radius 2 is 1.90 bits per heavy atom. The normalized spacial score (nSPS) is 12.8. The first-order valence-corrected chi connectivity index (χ1v) is 7.78. The van der Waals surface area contributed by atoms with Crippen molar-refractivity contribution in [3.63, 3.8) is 0 Å². The number of nitrogens with two attached hydrogens (primary N) is 1. The molecule has 1 unspecified atom stereocenters. The van der Waals surface area contributed by atoms with E-state index in [0.717, 1.165) is 14.5 Å². The van der Waals surface area contributed by atoms with Crippen molar-refractivity contribution in [1.29, 1.82) is 0 Å². The van der Waals surface area contributed by atoms with Crippen LogP contribution >= 0.6 is 45.8 Å². The molecule has 2 aromatic carbocycles. The van der Waals surface area contributed by atoms with Gasteiger partial charge in [-0.25, -0.2) is 0 Å². The number of rotatable bonds is 2. The Bertz CT molecular complexity index is 785. The molecule has 0 saturated carbocycles. The molecule has 0 aliphatic heterocycles. The number of halogens is 3. The van der Waals surface area contributed by atoms with Gasteiger partial charge in [0.05, 0.1) is 11.1 Å². The Hall–Kier alpha value is -0.750. The molecule has 1 aromatic heterocycles. The SMILES string of the molecule is NC(c1cc2cccc(Cl)c2o1)c1cc(Cl)ccc1I. The summed E-state index contributed by atoms with van der Waals surface area (Å²) in [7, 11) is 0. The summed E-state index contributed by atoms with van der Waals surface area (Å²) in [5, 5.41) is 2.19.